The van der Waals surface area contributed by atoms with Gasteiger partial charge in [0, 0.05) is 0 Å². The van der Waals surface area contributed by atoms with E-state index in [1.54, 1.807) is 13.8 Å². The Bertz CT molecular complexity index is 332. The van der Waals surface area contributed by atoms with Gasteiger partial charge in [0.05, 0.1) is 19.1 Å². The summed E-state index contributed by atoms with van der Waals surface area (Å²) in [5.41, 5.74) is 1.61. The maximum absolute atomic E-state index is 11.3. The van der Waals surface area contributed by atoms with Gasteiger partial charge in [0.2, 0.25) is 0 Å². The van der Waals surface area contributed by atoms with Gasteiger partial charge in [-0.3, -0.25) is 4.79 Å². The summed E-state index contributed by atoms with van der Waals surface area (Å²) < 4.78 is 4.86. The standard InChI is InChI=1S/C12H16O3.C2H6/c1-3-15-12(14)8-10-6-4-5-7-11(10)9(2)13;1-2/h4-7,9,13H,3,8H2,1-2H3;1-2H3. The van der Waals surface area contributed by atoms with Crippen LogP contribution >= 0.6 is 0 Å². The summed E-state index contributed by atoms with van der Waals surface area (Å²) in [6.07, 6.45) is -0.342. The first kappa shape index (κ1) is 15.7. The van der Waals surface area contributed by atoms with E-state index < -0.39 is 6.10 Å². The van der Waals surface area contributed by atoms with Gasteiger partial charge in [-0.25, -0.2) is 0 Å². The molecule has 0 heterocycles. The highest BCUT2D eigenvalue weighted by atomic mass is 16.5. The Morgan fingerprint density at radius 1 is 1.35 bits per heavy atom. The number of carbonyl (C=O) groups is 1. The molecule has 3 heteroatoms. The van der Waals surface area contributed by atoms with Crippen molar-refractivity contribution in [2.24, 2.45) is 0 Å². The van der Waals surface area contributed by atoms with E-state index in [1.807, 2.05) is 38.1 Å². The summed E-state index contributed by atoms with van der Waals surface area (Å²) in [4.78, 5) is 11.3. The second-order valence-corrected chi connectivity index (χ2v) is 3.36. The second-order valence-electron chi connectivity index (χ2n) is 3.36. The van der Waals surface area contributed by atoms with Crippen LogP contribution in [0.15, 0.2) is 24.3 Å². The molecule has 1 rings (SSSR count). The van der Waals surface area contributed by atoms with Gasteiger partial charge in [-0.1, -0.05) is 38.1 Å². The molecule has 0 saturated heterocycles. The fourth-order valence-electron chi connectivity index (χ4n) is 1.47. The van der Waals surface area contributed by atoms with Crippen LogP contribution in [-0.4, -0.2) is 17.7 Å². The first-order valence-electron chi connectivity index (χ1n) is 6.06. The fraction of sp³-hybridized carbons (Fsp3) is 0.500. The van der Waals surface area contributed by atoms with Gasteiger partial charge in [-0.15, -0.1) is 0 Å². The molecule has 0 bridgehead atoms. The third-order valence-corrected chi connectivity index (χ3v) is 2.15. The topological polar surface area (TPSA) is 46.5 Å². The molecular formula is C14H22O3. The summed E-state index contributed by atoms with van der Waals surface area (Å²) in [5, 5.41) is 9.50. The molecule has 1 N–H and O–H groups in total. The molecule has 0 spiro atoms. The highest BCUT2D eigenvalue weighted by Gasteiger charge is 2.10. The molecular weight excluding hydrogens is 216 g/mol. The van der Waals surface area contributed by atoms with Crippen LogP contribution in [0.25, 0.3) is 0 Å². The zero-order valence-corrected chi connectivity index (χ0v) is 11.1. The molecule has 1 aromatic carbocycles. The van der Waals surface area contributed by atoms with Gasteiger partial charge in [0.25, 0.3) is 0 Å². The Hall–Kier alpha value is -1.35. The first-order valence-corrected chi connectivity index (χ1v) is 6.06. The van der Waals surface area contributed by atoms with Crippen LogP contribution in [0.3, 0.4) is 0 Å². The van der Waals surface area contributed by atoms with E-state index in [0.29, 0.717) is 6.61 Å². The minimum absolute atomic E-state index is 0.217. The van der Waals surface area contributed by atoms with Crippen molar-refractivity contribution in [2.75, 3.05) is 6.61 Å². The van der Waals surface area contributed by atoms with Crippen molar-refractivity contribution in [1.29, 1.82) is 0 Å². The average molecular weight is 238 g/mol. The average Bonchev–Trinajstić information content (AvgIpc) is 2.32. The monoisotopic (exact) mass is 238 g/mol. The Kier molecular flexibility index (Phi) is 8.07. The van der Waals surface area contributed by atoms with E-state index in [0.717, 1.165) is 11.1 Å². The molecule has 0 saturated carbocycles. The van der Waals surface area contributed by atoms with Crippen molar-refractivity contribution >= 4 is 5.97 Å². The summed E-state index contributed by atoms with van der Waals surface area (Å²) in [6.45, 7) is 7.85. The van der Waals surface area contributed by atoms with Crippen LogP contribution in [0, 0.1) is 0 Å². The number of esters is 1. The third-order valence-electron chi connectivity index (χ3n) is 2.15. The van der Waals surface area contributed by atoms with Crippen LogP contribution in [0.5, 0.6) is 0 Å². The molecule has 1 unspecified atom stereocenters. The van der Waals surface area contributed by atoms with Gasteiger partial charge in [0.1, 0.15) is 0 Å². The lowest BCUT2D eigenvalue weighted by Gasteiger charge is -2.10. The summed E-state index contributed by atoms with van der Waals surface area (Å²) in [7, 11) is 0. The Labute approximate surface area is 103 Å². The van der Waals surface area contributed by atoms with Crippen LogP contribution in [0.2, 0.25) is 0 Å². The number of aliphatic hydroxyl groups is 1. The molecule has 1 aromatic rings. The van der Waals surface area contributed by atoms with E-state index in [2.05, 4.69) is 0 Å². The van der Waals surface area contributed by atoms with Crippen LogP contribution in [0.1, 0.15) is 44.9 Å². The molecule has 3 nitrogen and oxygen atoms in total. The van der Waals surface area contributed by atoms with E-state index in [1.165, 1.54) is 0 Å². The number of benzene rings is 1. The number of hydrogen-bond acceptors (Lipinski definition) is 3. The highest BCUT2D eigenvalue weighted by Crippen LogP contribution is 2.18. The van der Waals surface area contributed by atoms with Crippen molar-refractivity contribution in [1.82, 2.24) is 0 Å². The molecule has 17 heavy (non-hydrogen) atoms. The SMILES string of the molecule is CC.CCOC(=O)Cc1ccccc1C(C)O. The van der Waals surface area contributed by atoms with Crippen molar-refractivity contribution in [3.63, 3.8) is 0 Å². The Balaban J connectivity index is 0.00000121. The van der Waals surface area contributed by atoms with Gasteiger partial charge in [-0.2, -0.15) is 0 Å². The molecule has 0 aliphatic rings. The fourth-order valence-corrected chi connectivity index (χ4v) is 1.47. The number of hydrogen-bond donors (Lipinski definition) is 1. The summed E-state index contributed by atoms with van der Waals surface area (Å²) in [6, 6.07) is 7.34. The molecule has 0 aromatic heterocycles. The maximum atomic E-state index is 11.3. The lowest BCUT2D eigenvalue weighted by Crippen LogP contribution is -2.10. The normalized spacial score (nSPS) is 11.1. The molecule has 1 atom stereocenters. The Morgan fingerprint density at radius 2 is 1.94 bits per heavy atom. The number of rotatable bonds is 4. The van der Waals surface area contributed by atoms with E-state index in [-0.39, 0.29) is 12.4 Å². The van der Waals surface area contributed by atoms with Crippen molar-refractivity contribution in [3.05, 3.63) is 35.4 Å². The lowest BCUT2D eigenvalue weighted by molar-refractivity contribution is -0.142. The van der Waals surface area contributed by atoms with Gasteiger partial charge in [0.15, 0.2) is 0 Å². The minimum Gasteiger partial charge on any atom is -0.466 e. The van der Waals surface area contributed by atoms with E-state index in [4.69, 9.17) is 4.74 Å². The van der Waals surface area contributed by atoms with Gasteiger partial charge in [-0.05, 0) is 25.0 Å². The summed E-state index contributed by atoms with van der Waals surface area (Å²) in [5.74, 6) is -0.259. The van der Waals surface area contributed by atoms with E-state index >= 15 is 0 Å². The van der Waals surface area contributed by atoms with Gasteiger partial charge < -0.3 is 9.84 Å². The predicted molar refractivity (Wildman–Crippen MR) is 68.8 cm³/mol. The maximum Gasteiger partial charge on any atom is 0.310 e. The molecule has 0 aliphatic heterocycles. The van der Waals surface area contributed by atoms with Crippen LogP contribution in [-0.2, 0) is 16.0 Å². The third kappa shape index (κ3) is 5.50. The number of ether oxygens (including phenoxy) is 1. The van der Waals surface area contributed by atoms with Crippen molar-refractivity contribution in [2.45, 2.75) is 40.2 Å². The van der Waals surface area contributed by atoms with Crippen LogP contribution < -0.4 is 0 Å². The predicted octanol–water partition coefficient (Wildman–Crippen LogP) is 2.87. The van der Waals surface area contributed by atoms with Crippen molar-refractivity contribution in [3.8, 4) is 0 Å². The van der Waals surface area contributed by atoms with E-state index in [9.17, 15) is 9.90 Å². The number of aliphatic hydroxyl groups excluding tert-OH is 1. The molecule has 0 aliphatic carbocycles. The Morgan fingerprint density at radius 3 is 2.47 bits per heavy atom. The zero-order valence-electron chi connectivity index (χ0n) is 11.1. The van der Waals surface area contributed by atoms with Gasteiger partial charge >= 0.3 is 5.97 Å². The van der Waals surface area contributed by atoms with Crippen LogP contribution in [0.4, 0.5) is 0 Å². The number of carbonyl (C=O) groups excluding carboxylic acids is 1. The minimum atomic E-state index is -0.560. The smallest absolute Gasteiger partial charge is 0.310 e. The largest absolute Gasteiger partial charge is 0.466 e. The summed E-state index contributed by atoms with van der Waals surface area (Å²) >= 11 is 0. The molecule has 0 amide bonds. The molecule has 0 fully saturated rings. The second kappa shape index (κ2) is 8.76. The highest BCUT2D eigenvalue weighted by molar-refractivity contribution is 5.73. The lowest BCUT2D eigenvalue weighted by atomic mass is 10.0. The van der Waals surface area contributed by atoms with Crippen molar-refractivity contribution < 1.29 is 14.6 Å². The zero-order chi connectivity index (χ0) is 13.3. The molecule has 0 radical (unpaired) electrons. The quantitative estimate of drug-likeness (QED) is 0.820. The molecule has 96 valence electrons. The first-order chi connectivity index (χ1) is 8.15.